The molecular formula is C30H32ClN9O3. The Bertz CT molecular complexity index is 1660. The maximum absolute atomic E-state index is 14.1. The molecule has 0 radical (unpaired) electrons. The van der Waals surface area contributed by atoms with Gasteiger partial charge in [0.25, 0.3) is 5.91 Å². The second-order valence-corrected chi connectivity index (χ2v) is 11.6. The minimum atomic E-state index is -0.843. The fourth-order valence-electron chi connectivity index (χ4n) is 4.82. The number of aromatic nitrogens is 5. The number of alkyl carbamates (subject to hydrolysis) is 1. The lowest BCUT2D eigenvalue weighted by atomic mass is 10.0. The summed E-state index contributed by atoms with van der Waals surface area (Å²) in [5.41, 5.74) is 9.55. The molecule has 4 aromatic rings. The zero-order chi connectivity index (χ0) is 30.1. The van der Waals surface area contributed by atoms with Crippen molar-refractivity contribution in [3.05, 3.63) is 77.3 Å². The molecule has 4 N–H and O–H groups in total. The fourth-order valence-corrected chi connectivity index (χ4v) is 5.03. The van der Waals surface area contributed by atoms with Gasteiger partial charge in [-0.1, -0.05) is 29.8 Å². The second-order valence-electron chi connectivity index (χ2n) is 11.1. The third-order valence-electron chi connectivity index (χ3n) is 7.82. The molecule has 2 fully saturated rings. The van der Waals surface area contributed by atoms with Crippen molar-refractivity contribution in [2.24, 2.45) is 10.7 Å². The lowest BCUT2D eigenvalue weighted by Crippen LogP contribution is -2.46. The van der Waals surface area contributed by atoms with Crippen molar-refractivity contribution in [1.82, 2.24) is 35.2 Å². The van der Waals surface area contributed by atoms with E-state index in [2.05, 4.69) is 30.6 Å². The molecule has 1 atom stereocenters. The van der Waals surface area contributed by atoms with Crippen molar-refractivity contribution in [1.29, 1.82) is 0 Å². The van der Waals surface area contributed by atoms with Gasteiger partial charge in [-0.2, -0.15) is 10.2 Å². The molecule has 222 valence electrons. The summed E-state index contributed by atoms with van der Waals surface area (Å²) in [5, 5.41) is 14.5. The minimum Gasteiger partial charge on any atom is -0.447 e. The van der Waals surface area contributed by atoms with Crippen molar-refractivity contribution < 1.29 is 14.3 Å². The smallest absolute Gasteiger partial charge is 0.407 e. The SMILES string of the molecule is CN=C(N)N(C(=O)c1ccc(-c2cnn(C3CC3)c2)cc1)[C@H](COC(=O)NC1(C)CC1)c1ccc(Cl)c(-c2ncn[nH]2)c1. The quantitative estimate of drug-likeness (QED) is 0.185. The number of carbonyl (C=O) groups excluding carboxylic acids is 2. The Labute approximate surface area is 253 Å². The molecule has 2 aromatic heterocycles. The number of H-pyrrole nitrogens is 1. The van der Waals surface area contributed by atoms with Crippen molar-refractivity contribution >= 4 is 29.6 Å². The lowest BCUT2D eigenvalue weighted by molar-refractivity contribution is 0.0697. The Morgan fingerprint density at radius 1 is 1.23 bits per heavy atom. The van der Waals surface area contributed by atoms with Crippen LogP contribution in [0, 0.1) is 0 Å². The van der Waals surface area contributed by atoms with Crippen LogP contribution in [0.1, 0.15) is 60.6 Å². The molecular weight excluding hydrogens is 570 g/mol. The van der Waals surface area contributed by atoms with Gasteiger partial charge in [-0.15, -0.1) is 0 Å². The Hall–Kier alpha value is -4.71. The van der Waals surface area contributed by atoms with Gasteiger partial charge < -0.3 is 15.8 Å². The first kappa shape index (κ1) is 28.4. The lowest BCUT2D eigenvalue weighted by Gasteiger charge is -2.31. The maximum atomic E-state index is 14.1. The number of amides is 2. The number of guanidine groups is 1. The number of rotatable bonds is 9. The summed E-state index contributed by atoms with van der Waals surface area (Å²) in [6, 6.07) is 12.1. The molecule has 2 amide bonds. The molecule has 2 aliphatic rings. The Morgan fingerprint density at radius 3 is 2.65 bits per heavy atom. The summed E-state index contributed by atoms with van der Waals surface area (Å²) in [4.78, 5) is 36.5. The van der Waals surface area contributed by atoms with E-state index in [1.165, 1.54) is 18.3 Å². The van der Waals surface area contributed by atoms with Crippen LogP contribution >= 0.6 is 11.6 Å². The number of hydrogen-bond donors (Lipinski definition) is 3. The number of aliphatic imine (C=N–C) groups is 1. The van der Waals surface area contributed by atoms with Crippen LogP contribution in [-0.2, 0) is 4.74 Å². The summed E-state index contributed by atoms with van der Waals surface area (Å²) < 4.78 is 7.65. The third kappa shape index (κ3) is 6.24. The predicted molar refractivity (Wildman–Crippen MR) is 161 cm³/mol. The highest BCUT2D eigenvalue weighted by Crippen LogP contribution is 2.36. The Morgan fingerprint density at radius 2 is 2.00 bits per heavy atom. The molecule has 2 heterocycles. The van der Waals surface area contributed by atoms with Gasteiger partial charge in [0.05, 0.1) is 23.3 Å². The van der Waals surface area contributed by atoms with Gasteiger partial charge in [-0.3, -0.25) is 24.5 Å². The van der Waals surface area contributed by atoms with Gasteiger partial charge in [0.15, 0.2) is 11.8 Å². The van der Waals surface area contributed by atoms with E-state index in [1.54, 1.807) is 30.3 Å². The number of hydrogen-bond acceptors (Lipinski definition) is 7. The van der Waals surface area contributed by atoms with Gasteiger partial charge in [-0.05, 0) is 68.0 Å². The van der Waals surface area contributed by atoms with E-state index in [-0.39, 0.29) is 18.1 Å². The highest BCUT2D eigenvalue weighted by Gasteiger charge is 2.40. The maximum Gasteiger partial charge on any atom is 0.407 e. The molecule has 2 aliphatic carbocycles. The molecule has 0 bridgehead atoms. The number of ether oxygens (including phenoxy) is 1. The van der Waals surface area contributed by atoms with Gasteiger partial charge in [0.1, 0.15) is 12.9 Å². The number of nitrogens with zero attached hydrogens (tertiary/aromatic N) is 6. The van der Waals surface area contributed by atoms with E-state index in [0.29, 0.717) is 33.6 Å². The predicted octanol–water partition coefficient (Wildman–Crippen LogP) is 4.73. The fraction of sp³-hybridized carbons (Fsp3) is 0.333. The Kier molecular flexibility index (Phi) is 7.61. The van der Waals surface area contributed by atoms with E-state index >= 15 is 0 Å². The van der Waals surface area contributed by atoms with Crippen LogP contribution in [0.2, 0.25) is 5.02 Å². The molecule has 43 heavy (non-hydrogen) atoms. The topological polar surface area (TPSA) is 156 Å². The van der Waals surface area contributed by atoms with E-state index < -0.39 is 18.0 Å². The van der Waals surface area contributed by atoms with E-state index in [9.17, 15) is 9.59 Å². The van der Waals surface area contributed by atoms with E-state index in [0.717, 1.165) is 36.8 Å². The van der Waals surface area contributed by atoms with Crippen LogP contribution in [0.5, 0.6) is 0 Å². The van der Waals surface area contributed by atoms with Gasteiger partial charge >= 0.3 is 6.09 Å². The van der Waals surface area contributed by atoms with Crippen LogP contribution < -0.4 is 11.1 Å². The zero-order valence-corrected chi connectivity index (χ0v) is 24.6. The number of nitrogens with one attached hydrogen (secondary N) is 2. The molecule has 13 heteroatoms. The first-order chi connectivity index (χ1) is 20.7. The summed E-state index contributed by atoms with van der Waals surface area (Å²) >= 11 is 6.50. The average molecular weight is 602 g/mol. The molecule has 6 rings (SSSR count). The number of halogens is 1. The van der Waals surface area contributed by atoms with Crippen molar-refractivity contribution in [3.8, 4) is 22.5 Å². The number of benzene rings is 2. The monoisotopic (exact) mass is 601 g/mol. The van der Waals surface area contributed by atoms with Gasteiger partial charge in [-0.25, -0.2) is 9.78 Å². The van der Waals surface area contributed by atoms with Crippen molar-refractivity contribution in [3.63, 3.8) is 0 Å². The number of aromatic amines is 1. The van der Waals surface area contributed by atoms with Crippen molar-refractivity contribution in [2.75, 3.05) is 13.7 Å². The standard InChI is InChI=1S/C30H32ClN9O3/c1-30(11-12-30)37-29(42)43-16-25(20-7-10-24(31)23(13-20)26-34-17-35-38-26)40(28(32)33-2)27(41)19-5-3-18(4-6-19)21-14-36-39(15-21)22-8-9-22/h3-7,10,13-15,17,22,25H,8-9,11-12,16H2,1-2H3,(H2,32,33)(H,37,42)(H,34,35,38)/t25-/m1/s1. The second kappa shape index (κ2) is 11.5. The van der Waals surface area contributed by atoms with E-state index in [4.69, 9.17) is 22.1 Å². The van der Waals surface area contributed by atoms with Crippen LogP contribution in [0.3, 0.4) is 0 Å². The summed E-state index contributed by atoms with van der Waals surface area (Å²) in [7, 11) is 1.50. The van der Waals surface area contributed by atoms with Gasteiger partial charge in [0, 0.05) is 35.5 Å². The highest BCUT2D eigenvalue weighted by atomic mass is 35.5. The highest BCUT2D eigenvalue weighted by molar-refractivity contribution is 6.33. The van der Waals surface area contributed by atoms with Gasteiger partial charge in [0.2, 0.25) is 0 Å². The minimum absolute atomic E-state index is 0.0425. The average Bonchev–Trinajstić information content (AvgIpc) is 3.85. The molecule has 2 aromatic carbocycles. The Balaban J connectivity index is 1.32. The molecule has 0 unspecified atom stereocenters. The summed E-state index contributed by atoms with van der Waals surface area (Å²) in [5.74, 6) is -0.0108. The van der Waals surface area contributed by atoms with Crippen LogP contribution in [-0.4, -0.2) is 67.0 Å². The first-order valence-corrected chi connectivity index (χ1v) is 14.4. The summed E-state index contributed by atoms with van der Waals surface area (Å²) in [6.45, 7) is 1.76. The van der Waals surface area contributed by atoms with Crippen LogP contribution in [0.25, 0.3) is 22.5 Å². The number of carbonyl (C=O) groups is 2. The van der Waals surface area contributed by atoms with Crippen LogP contribution in [0.15, 0.2) is 66.2 Å². The molecule has 2 saturated carbocycles. The molecule has 12 nitrogen and oxygen atoms in total. The zero-order valence-electron chi connectivity index (χ0n) is 23.8. The largest absolute Gasteiger partial charge is 0.447 e. The normalized spacial score (nSPS) is 16.4. The molecule has 0 saturated heterocycles. The van der Waals surface area contributed by atoms with Crippen molar-refractivity contribution in [2.45, 2.75) is 50.2 Å². The summed E-state index contributed by atoms with van der Waals surface area (Å²) in [6.07, 6.45) is 8.69. The van der Waals surface area contributed by atoms with E-state index in [1.807, 2.05) is 36.1 Å². The molecule has 0 spiro atoms. The number of nitrogens with two attached hydrogens (primary N) is 1. The molecule has 0 aliphatic heterocycles. The third-order valence-corrected chi connectivity index (χ3v) is 8.15. The first-order valence-electron chi connectivity index (χ1n) is 14.1. The van der Waals surface area contributed by atoms with Crippen LogP contribution in [0.4, 0.5) is 4.79 Å².